The second-order valence-electron chi connectivity index (χ2n) is 4.29. The van der Waals surface area contributed by atoms with Crippen LogP contribution in [0.5, 0.6) is 0 Å². The summed E-state index contributed by atoms with van der Waals surface area (Å²) in [7, 11) is 0. The van der Waals surface area contributed by atoms with Gasteiger partial charge in [-0.05, 0) is 31.1 Å². The predicted molar refractivity (Wildman–Crippen MR) is 50.9 cm³/mol. The lowest BCUT2D eigenvalue weighted by Crippen LogP contribution is -2.20. The summed E-state index contributed by atoms with van der Waals surface area (Å²) in [5, 5.41) is 0. The summed E-state index contributed by atoms with van der Waals surface area (Å²) in [6.45, 7) is 6.75. The normalized spacial score (nSPS) is 26.9. The van der Waals surface area contributed by atoms with E-state index in [1.165, 1.54) is 5.57 Å². The first kappa shape index (κ1) is 9.50. The van der Waals surface area contributed by atoms with Crippen molar-refractivity contribution in [2.24, 2.45) is 11.3 Å². The van der Waals surface area contributed by atoms with Crippen molar-refractivity contribution in [3.05, 3.63) is 11.6 Å². The van der Waals surface area contributed by atoms with E-state index in [9.17, 15) is 4.79 Å². The lowest BCUT2D eigenvalue weighted by atomic mass is 9.76. The van der Waals surface area contributed by atoms with Crippen molar-refractivity contribution in [2.45, 2.75) is 40.0 Å². The molecule has 0 unspecified atom stereocenters. The first-order valence-corrected chi connectivity index (χ1v) is 4.70. The molecule has 0 amide bonds. The summed E-state index contributed by atoms with van der Waals surface area (Å²) < 4.78 is 0. The van der Waals surface area contributed by atoms with Crippen molar-refractivity contribution in [2.75, 3.05) is 0 Å². The Morgan fingerprint density at radius 2 is 2.33 bits per heavy atom. The number of carbonyl (C=O) groups is 1. The fourth-order valence-electron chi connectivity index (χ4n) is 1.95. The third-order valence-electron chi connectivity index (χ3n) is 3.38. The number of rotatable bonds is 3. The van der Waals surface area contributed by atoms with Crippen LogP contribution < -0.4 is 0 Å². The third kappa shape index (κ3) is 1.60. The molecule has 0 aromatic rings. The quantitative estimate of drug-likeness (QED) is 0.465. The maximum atomic E-state index is 10.2. The molecule has 0 spiro atoms. The molecule has 12 heavy (non-hydrogen) atoms. The van der Waals surface area contributed by atoms with Crippen molar-refractivity contribution in [1.29, 1.82) is 0 Å². The topological polar surface area (TPSA) is 17.1 Å². The van der Waals surface area contributed by atoms with Gasteiger partial charge in [-0.25, -0.2) is 0 Å². The maximum absolute atomic E-state index is 10.2. The van der Waals surface area contributed by atoms with Gasteiger partial charge in [-0.15, -0.1) is 0 Å². The highest BCUT2D eigenvalue weighted by molar-refractivity contribution is 5.49. The fourth-order valence-corrected chi connectivity index (χ4v) is 1.95. The number of aldehydes is 1. The van der Waals surface area contributed by atoms with Crippen molar-refractivity contribution >= 4 is 6.29 Å². The van der Waals surface area contributed by atoms with Crippen LogP contribution in [0.3, 0.4) is 0 Å². The van der Waals surface area contributed by atoms with E-state index in [0.29, 0.717) is 11.3 Å². The lowest BCUT2D eigenvalue weighted by molar-refractivity contribution is -0.108. The van der Waals surface area contributed by atoms with E-state index in [0.717, 1.165) is 25.5 Å². The van der Waals surface area contributed by atoms with Crippen LogP contribution in [0.2, 0.25) is 0 Å². The molecular weight excluding hydrogens is 148 g/mol. The van der Waals surface area contributed by atoms with Gasteiger partial charge in [0, 0.05) is 6.42 Å². The molecule has 0 aromatic carbocycles. The average molecular weight is 166 g/mol. The average Bonchev–Trinajstić information content (AvgIpc) is 2.25. The molecule has 0 N–H and O–H groups in total. The minimum Gasteiger partial charge on any atom is -0.303 e. The summed E-state index contributed by atoms with van der Waals surface area (Å²) >= 11 is 0. The number of hydrogen-bond acceptors (Lipinski definition) is 1. The first-order chi connectivity index (χ1) is 5.59. The van der Waals surface area contributed by atoms with Gasteiger partial charge in [0.05, 0.1) is 0 Å². The molecule has 0 aliphatic heterocycles. The van der Waals surface area contributed by atoms with Crippen LogP contribution in [0.1, 0.15) is 40.0 Å². The second-order valence-corrected chi connectivity index (χ2v) is 4.29. The highest BCUT2D eigenvalue weighted by Gasteiger charge is 2.33. The maximum Gasteiger partial charge on any atom is 0.120 e. The Morgan fingerprint density at radius 1 is 1.67 bits per heavy atom. The van der Waals surface area contributed by atoms with Crippen LogP contribution in [0.4, 0.5) is 0 Å². The number of hydrogen-bond donors (Lipinski definition) is 0. The van der Waals surface area contributed by atoms with Crippen LogP contribution in [0, 0.1) is 11.3 Å². The predicted octanol–water partition coefficient (Wildman–Crippen LogP) is 2.96. The third-order valence-corrected chi connectivity index (χ3v) is 3.38. The summed E-state index contributed by atoms with van der Waals surface area (Å²) in [6.07, 6.45) is 6.27. The van der Waals surface area contributed by atoms with Crippen LogP contribution in [0.15, 0.2) is 11.6 Å². The van der Waals surface area contributed by atoms with Crippen LogP contribution >= 0.6 is 0 Å². The Balaban J connectivity index is 2.55. The van der Waals surface area contributed by atoms with Gasteiger partial charge in [0.25, 0.3) is 0 Å². The van der Waals surface area contributed by atoms with E-state index in [-0.39, 0.29) is 0 Å². The molecule has 1 atom stereocenters. The van der Waals surface area contributed by atoms with Crippen molar-refractivity contribution < 1.29 is 4.79 Å². The number of allylic oxidation sites excluding steroid dienone is 2. The van der Waals surface area contributed by atoms with E-state index in [1.807, 2.05) is 0 Å². The van der Waals surface area contributed by atoms with Gasteiger partial charge >= 0.3 is 0 Å². The molecule has 0 aromatic heterocycles. The Hall–Kier alpha value is -0.590. The lowest BCUT2D eigenvalue weighted by Gasteiger charge is -2.29. The molecule has 0 bridgehead atoms. The van der Waals surface area contributed by atoms with Gasteiger partial charge in [-0.2, -0.15) is 0 Å². The van der Waals surface area contributed by atoms with Gasteiger partial charge < -0.3 is 4.79 Å². The minimum atomic E-state index is 0.322. The zero-order valence-corrected chi connectivity index (χ0v) is 8.26. The van der Waals surface area contributed by atoms with Crippen LogP contribution in [-0.4, -0.2) is 6.29 Å². The smallest absolute Gasteiger partial charge is 0.120 e. The molecule has 0 saturated heterocycles. The zero-order chi connectivity index (χ0) is 9.19. The minimum absolute atomic E-state index is 0.322. The molecule has 1 nitrogen and oxygen atoms in total. The molecule has 0 radical (unpaired) electrons. The Kier molecular flexibility index (Phi) is 2.71. The molecule has 0 fully saturated rings. The van der Waals surface area contributed by atoms with Crippen LogP contribution in [-0.2, 0) is 4.79 Å². The summed E-state index contributed by atoms with van der Waals surface area (Å²) in [6, 6.07) is 0. The van der Waals surface area contributed by atoms with Gasteiger partial charge in [0.2, 0.25) is 0 Å². The summed E-state index contributed by atoms with van der Waals surface area (Å²) in [5.41, 5.74) is 1.81. The number of carbonyl (C=O) groups excluding carboxylic acids is 1. The van der Waals surface area contributed by atoms with Crippen molar-refractivity contribution in [3.63, 3.8) is 0 Å². The van der Waals surface area contributed by atoms with E-state index < -0.39 is 0 Å². The molecule has 0 saturated carbocycles. The van der Waals surface area contributed by atoms with Crippen LogP contribution in [0.25, 0.3) is 0 Å². The van der Waals surface area contributed by atoms with Gasteiger partial charge in [-0.3, -0.25) is 0 Å². The van der Waals surface area contributed by atoms with Gasteiger partial charge in [0.15, 0.2) is 0 Å². The van der Waals surface area contributed by atoms with Gasteiger partial charge in [0.1, 0.15) is 6.29 Å². The Labute approximate surface area is 74.9 Å². The highest BCUT2D eigenvalue weighted by Crippen LogP contribution is 2.44. The fraction of sp³-hybridized carbons (Fsp3) is 0.727. The van der Waals surface area contributed by atoms with Gasteiger partial charge in [-0.1, -0.05) is 25.5 Å². The van der Waals surface area contributed by atoms with E-state index in [1.54, 1.807) is 0 Å². The van der Waals surface area contributed by atoms with E-state index in [4.69, 9.17) is 0 Å². The zero-order valence-electron chi connectivity index (χ0n) is 8.26. The molecular formula is C11H18O. The first-order valence-electron chi connectivity index (χ1n) is 4.70. The molecule has 1 heteroatoms. The molecule has 1 aliphatic carbocycles. The van der Waals surface area contributed by atoms with E-state index >= 15 is 0 Å². The SMILES string of the molecule is CC1=CC[C@H](CCC=O)C1(C)C. The Bertz CT molecular complexity index is 201. The van der Waals surface area contributed by atoms with E-state index in [2.05, 4.69) is 26.8 Å². The largest absolute Gasteiger partial charge is 0.303 e. The molecule has 68 valence electrons. The molecule has 0 heterocycles. The standard InChI is InChI=1S/C11H18O/c1-9-6-7-10(5-4-8-12)11(9,2)3/h6,8,10H,4-5,7H2,1-3H3/t10-/m0/s1. The highest BCUT2D eigenvalue weighted by atomic mass is 16.1. The Morgan fingerprint density at radius 3 is 2.75 bits per heavy atom. The summed E-state index contributed by atoms with van der Waals surface area (Å²) in [5.74, 6) is 0.683. The second kappa shape index (κ2) is 3.42. The monoisotopic (exact) mass is 166 g/mol. The summed E-state index contributed by atoms with van der Waals surface area (Å²) in [4.78, 5) is 10.2. The molecule has 1 aliphatic rings. The molecule has 1 rings (SSSR count). The van der Waals surface area contributed by atoms with Crippen molar-refractivity contribution in [3.8, 4) is 0 Å². The van der Waals surface area contributed by atoms with Crippen molar-refractivity contribution in [1.82, 2.24) is 0 Å².